The average molecular weight is 384 g/mol. The molecule has 2 amide bonds. The zero-order chi connectivity index (χ0) is 20.4. The molecule has 0 unspecified atom stereocenters. The molecule has 0 aliphatic carbocycles. The lowest BCUT2D eigenvalue weighted by Gasteiger charge is -2.14. The molecule has 0 saturated heterocycles. The average Bonchev–Trinajstić information content (AvgIpc) is 2.71. The van der Waals surface area contributed by atoms with Crippen LogP contribution in [0, 0.1) is 0 Å². The number of benzene rings is 2. The third-order valence-electron chi connectivity index (χ3n) is 3.70. The summed E-state index contributed by atoms with van der Waals surface area (Å²) in [6, 6.07) is 14.9. The first-order chi connectivity index (χ1) is 13.5. The van der Waals surface area contributed by atoms with Gasteiger partial charge in [-0.25, -0.2) is 4.79 Å². The number of rotatable bonds is 9. The van der Waals surface area contributed by atoms with E-state index in [1.54, 1.807) is 37.3 Å². The van der Waals surface area contributed by atoms with Gasteiger partial charge in [0.2, 0.25) is 5.91 Å². The number of carbonyl (C=O) groups excluding carboxylic acids is 3. The second-order valence-corrected chi connectivity index (χ2v) is 6.10. The number of ether oxygens (including phenoxy) is 2. The lowest BCUT2D eigenvalue weighted by molar-refractivity contribution is -0.130. The van der Waals surface area contributed by atoms with Crippen molar-refractivity contribution in [2.75, 3.05) is 13.2 Å². The largest absolute Gasteiger partial charge is 0.457 e. The zero-order valence-electron chi connectivity index (χ0n) is 15.9. The molecular formula is C21H24N2O5. The fraction of sp³-hybridized carbons (Fsp3) is 0.286. The van der Waals surface area contributed by atoms with Crippen molar-refractivity contribution in [3.05, 3.63) is 60.2 Å². The Labute approximate surface area is 164 Å². The molecular weight excluding hydrogens is 360 g/mol. The third-order valence-corrected chi connectivity index (χ3v) is 3.70. The van der Waals surface area contributed by atoms with Gasteiger partial charge in [0.25, 0.3) is 5.91 Å². The molecule has 0 bridgehead atoms. The fourth-order valence-corrected chi connectivity index (χ4v) is 2.28. The smallest absolute Gasteiger partial charge is 0.338 e. The number of nitrogens with one attached hydrogen (secondary N) is 2. The van der Waals surface area contributed by atoms with E-state index in [0.717, 1.165) is 6.42 Å². The minimum atomic E-state index is -0.708. The summed E-state index contributed by atoms with van der Waals surface area (Å²) in [4.78, 5) is 35.8. The normalized spacial score (nSPS) is 11.2. The predicted molar refractivity (Wildman–Crippen MR) is 104 cm³/mol. The van der Waals surface area contributed by atoms with Crippen LogP contribution >= 0.6 is 0 Å². The molecule has 0 saturated carbocycles. The maximum absolute atomic E-state index is 12.2. The van der Waals surface area contributed by atoms with Crippen LogP contribution in [-0.2, 0) is 14.3 Å². The highest BCUT2D eigenvalue weighted by molar-refractivity contribution is 5.92. The summed E-state index contributed by atoms with van der Waals surface area (Å²) in [5.41, 5.74) is 0.259. The fourth-order valence-electron chi connectivity index (χ4n) is 2.28. The van der Waals surface area contributed by atoms with E-state index < -0.39 is 24.5 Å². The van der Waals surface area contributed by atoms with E-state index >= 15 is 0 Å². The van der Waals surface area contributed by atoms with Crippen LogP contribution < -0.4 is 15.4 Å². The molecule has 28 heavy (non-hydrogen) atoms. The Kier molecular flexibility index (Phi) is 8.02. The minimum absolute atomic E-state index is 0.259. The van der Waals surface area contributed by atoms with Gasteiger partial charge in [-0.15, -0.1) is 0 Å². The quantitative estimate of drug-likeness (QED) is 0.649. The van der Waals surface area contributed by atoms with Gasteiger partial charge in [-0.2, -0.15) is 0 Å². The molecule has 0 aliphatic heterocycles. The molecule has 0 fully saturated rings. The highest BCUT2D eigenvalue weighted by Gasteiger charge is 2.17. The molecule has 2 aromatic carbocycles. The van der Waals surface area contributed by atoms with Crippen LogP contribution in [0.1, 0.15) is 30.6 Å². The van der Waals surface area contributed by atoms with Crippen LogP contribution in [0.2, 0.25) is 0 Å². The van der Waals surface area contributed by atoms with E-state index in [4.69, 9.17) is 9.47 Å². The Morgan fingerprint density at radius 1 is 1.00 bits per heavy atom. The molecule has 148 valence electrons. The van der Waals surface area contributed by atoms with Crippen LogP contribution in [0.5, 0.6) is 11.5 Å². The summed E-state index contributed by atoms with van der Waals surface area (Å²) < 4.78 is 10.7. The van der Waals surface area contributed by atoms with Gasteiger partial charge >= 0.3 is 5.97 Å². The maximum atomic E-state index is 12.2. The van der Waals surface area contributed by atoms with Gasteiger partial charge in [0.05, 0.1) is 5.56 Å². The highest BCUT2D eigenvalue weighted by Crippen LogP contribution is 2.22. The van der Waals surface area contributed by atoms with Crippen LogP contribution in [0.4, 0.5) is 0 Å². The minimum Gasteiger partial charge on any atom is -0.457 e. The molecule has 7 nitrogen and oxygen atoms in total. The van der Waals surface area contributed by atoms with E-state index in [2.05, 4.69) is 10.6 Å². The first-order valence-electron chi connectivity index (χ1n) is 9.06. The monoisotopic (exact) mass is 384 g/mol. The Hall–Kier alpha value is -3.35. The second kappa shape index (κ2) is 10.7. The summed E-state index contributed by atoms with van der Waals surface area (Å²) in [5, 5.41) is 5.17. The SMILES string of the molecule is CCCNC(=O)[C@@H](C)NC(=O)COC(=O)c1cccc(Oc2ccccc2)c1. The Morgan fingerprint density at radius 2 is 1.71 bits per heavy atom. The summed E-state index contributed by atoms with van der Waals surface area (Å²) in [7, 11) is 0. The molecule has 7 heteroatoms. The first-order valence-corrected chi connectivity index (χ1v) is 9.06. The standard InChI is InChI=1S/C21H24N2O5/c1-3-12-22-20(25)15(2)23-19(24)14-27-21(26)16-8-7-11-18(13-16)28-17-9-5-4-6-10-17/h4-11,13,15H,3,12,14H2,1-2H3,(H,22,25)(H,23,24)/t15-/m1/s1. The van der Waals surface area contributed by atoms with Gasteiger partial charge in [0, 0.05) is 6.54 Å². The van der Waals surface area contributed by atoms with Crippen molar-refractivity contribution in [1.29, 1.82) is 0 Å². The van der Waals surface area contributed by atoms with Crippen LogP contribution in [-0.4, -0.2) is 37.0 Å². The maximum Gasteiger partial charge on any atom is 0.338 e. The molecule has 0 aromatic heterocycles. The number of esters is 1. The Bertz CT molecular complexity index is 807. The van der Waals surface area contributed by atoms with Gasteiger partial charge < -0.3 is 20.1 Å². The number of hydrogen-bond acceptors (Lipinski definition) is 5. The number of hydrogen-bond donors (Lipinski definition) is 2. The van der Waals surface area contributed by atoms with Gasteiger partial charge in [-0.1, -0.05) is 31.2 Å². The highest BCUT2D eigenvalue weighted by atomic mass is 16.5. The molecule has 1 atom stereocenters. The Morgan fingerprint density at radius 3 is 2.43 bits per heavy atom. The van der Waals surface area contributed by atoms with E-state index in [1.807, 2.05) is 25.1 Å². The predicted octanol–water partition coefficient (Wildman–Crippen LogP) is 2.67. The Balaban J connectivity index is 1.85. The molecule has 0 aliphatic rings. The molecule has 2 rings (SSSR count). The van der Waals surface area contributed by atoms with Crippen LogP contribution in [0.25, 0.3) is 0 Å². The third kappa shape index (κ3) is 6.75. The van der Waals surface area contributed by atoms with Gasteiger partial charge in [-0.3, -0.25) is 9.59 Å². The number of para-hydroxylation sites is 1. The second-order valence-electron chi connectivity index (χ2n) is 6.10. The van der Waals surface area contributed by atoms with Gasteiger partial charge in [0.15, 0.2) is 6.61 Å². The molecule has 0 radical (unpaired) electrons. The summed E-state index contributed by atoms with van der Waals surface area (Å²) in [6.07, 6.45) is 0.803. The van der Waals surface area contributed by atoms with Crippen molar-refractivity contribution in [1.82, 2.24) is 10.6 Å². The lowest BCUT2D eigenvalue weighted by Crippen LogP contribution is -2.46. The lowest BCUT2D eigenvalue weighted by atomic mass is 10.2. The summed E-state index contributed by atoms with van der Waals surface area (Å²) >= 11 is 0. The zero-order valence-corrected chi connectivity index (χ0v) is 15.9. The molecule has 2 N–H and O–H groups in total. The van der Waals surface area contributed by atoms with E-state index in [0.29, 0.717) is 18.0 Å². The number of amides is 2. The van der Waals surface area contributed by atoms with Gasteiger partial charge in [-0.05, 0) is 43.7 Å². The van der Waals surface area contributed by atoms with Crippen molar-refractivity contribution in [3.63, 3.8) is 0 Å². The van der Waals surface area contributed by atoms with Gasteiger partial charge in [0.1, 0.15) is 17.5 Å². The van der Waals surface area contributed by atoms with Crippen molar-refractivity contribution >= 4 is 17.8 Å². The van der Waals surface area contributed by atoms with Crippen molar-refractivity contribution in [3.8, 4) is 11.5 Å². The van der Waals surface area contributed by atoms with E-state index in [1.165, 1.54) is 6.07 Å². The van der Waals surface area contributed by atoms with E-state index in [9.17, 15) is 14.4 Å². The molecule has 0 heterocycles. The van der Waals surface area contributed by atoms with Crippen molar-refractivity contribution in [2.24, 2.45) is 0 Å². The summed E-state index contributed by atoms with van der Waals surface area (Å²) in [5.74, 6) is -0.373. The van der Waals surface area contributed by atoms with Crippen LogP contribution in [0.15, 0.2) is 54.6 Å². The molecule has 0 spiro atoms. The van der Waals surface area contributed by atoms with Crippen molar-refractivity contribution < 1.29 is 23.9 Å². The van der Waals surface area contributed by atoms with E-state index in [-0.39, 0.29) is 11.5 Å². The van der Waals surface area contributed by atoms with Crippen molar-refractivity contribution in [2.45, 2.75) is 26.3 Å². The molecule has 2 aromatic rings. The van der Waals surface area contributed by atoms with Crippen LogP contribution in [0.3, 0.4) is 0 Å². The summed E-state index contributed by atoms with van der Waals surface area (Å²) in [6.45, 7) is 3.56. The topological polar surface area (TPSA) is 93.7 Å². The number of carbonyl (C=O) groups is 3. The first kappa shape index (κ1) is 21.0.